The number of piperazine rings is 1. The number of methoxy groups -OCH3 is 1. The Labute approximate surface area is 221 Å². The van der Waals surface area contributed by atoms with Gasteiger partial charge in [-0.25, -0.2) is 4.79 Å². The highest BCUT2D eigenvalue weighted by Crippen LogP contribution is 2.55. The highest BCUT2D eigenvalue weighted by molar-refractivity contribution is 5.72. The minimum atomic E-state index is -0.816. The topological polar surface area (TPSA) is 125 Å². The Kier molecular flexibility index (Phi) is 6.13. The quantitative estimate of drug-likeness (QED) is 0.306. The molecule has 0 spiro atoms. The van der Waals surface area contributed by atoms with Gasteiger partial charge in [-0.3, -0.25) is 4.90 Å². The van der Waals surface area contributed by atoms with Gasteiger partial charge in [0.15, 0.2) is 23.0 Å². The number of phenolic OH excluding ortho intramolecular Hbond substituents is 1. The van der Waals surface area contributed by atoms with Crippen LogP contribution < -0.4 is 30.0 Å². The zero-order chi connectivity index (χ0) is 26.7. The highest BCUT2D eigenvalue weighted by Gasteiger charge is 2.50. The summed E-state index contributed by atoms with van der Waals surface area (Å²) in [6.07, 6.45) is 1.99. The number of carbonyl (C=O) groups excluding carboxylic acids is 1. The third kappa shape index (κ3) is 3.62. The molecule has 6 rings (SSSR count). The van der Waals surface area contributed by atoms with Crippen molar-refractivity contribution in [2.75, 3.05) is 33.6 Å². The van der Waals surface area contributed by atoms with Crippen LogP contribution in [0.2, 0.25) is 0 Å². The molecule has 0 radical (unpaired) electrons. The van der Waals surface area contributed by atoms with Crippen molar-refractivity contribution < 1.29 is 33.6 Å². The molecule has 4 aliphatic rings. The maximum atomic E-state index is 12.6. The molecule has 0 saturated carbocycles. The lowest BCUT2D eigenvalue weighted by Gasteiger charge is -2.54. The number of nitrogens with two attached hydrogens (primary N) is 1. The summed E-state index contributed by atoms with van der Waals surface area (Å²) >= 11 is 0. The summed E-state index contributed by atoms with van der Waals surface area (Å²) in [4.78, 5) is 15.0. The summed E-state index contributed by atoms with van der Waals surface area (Å²) in [5, 5.41) is 15.1. The molecule has 4 atom stereocenters. The van der Waals surface area contributed by atoms with E-state index in [1.165, 1.54) is 6.08 Å². The third-order valence-corrected chi connectivity index (χ3v) is 8.22. The number of aryl methyl sites for hydroxylation is 1. The molecule has 2 bridgehead atoms. The van der Waals surface area contributed by atoms with Crippen LogP contribution in [-0.4, -0.2) is 61.8 Å². The molecular weight excluding hydrogens is 490 g/mol. The molecule has 10 nitrogen and oxygen atoms in total. The summed E-state index contributed by atoms with van der Waals surface area (Å²) in [6, 6.07) is 1.85. The van der Waals surface area contributed by atoms with E-state index in [1.807, 2.05) is 13.8 Å². The lowest BCUT2D eigenvalue weighted by molar-refractivity contribution is 0.0301. The Hall–Kier alpha value is -3.47. The van der Waals surface area contributed by atoms with Crippen LogP contribution in [0.25, 0.3) is 0 Å². The third-order valence-electron chi connectivity index (χ3n) is 8.22. The van der Waals surface area contributed by atoms with E-state index in [2.05, 4.69) is 22.9 Å². The number of aromatic hydroxyl groups is 1. The van der Waals surface area contributed by atoms with Gasteiger partial charge in [0.2, 0.25) is 6.79 Å². The SMILES string of the molecule is C=CCOC(=O)Oc1c(C)c2c(c3c1CC1[C@@H]4N[C@@H](Cc5cc(C)c(OC)c(O)c54)CN1[C@H]3CN)OCO2. The van der Waals surface area contributed by atoms with Crippen molar-refractivity contribution in [1.29, 1.82) is 0 Å². The standard InChI is InChI=1S/C28H33N3O7/c1-5-6-35-28(33)38-25-14(3)26-27(37-12-36-26)21-17(25)9-18-22-20-15(7-13(2)24(34-4)23(20)32)8-16(30-22)11-31(18)19(21)10-29/h5,7,16,18-19,22,30,32H,1,6,8-12,29H2,2-4H3/t16-,18?,19-,22-/m0/s1. The first-order valence-electron chi connectivity index (χ1n) is 12.9. The summed E-state index contributed by atoms with van der Waals surface area (Å²) in [5.41, 5.74) is 11.7. The number of hydrogen-bond donors (Lipinski definition) is 3. The van der Waals surface area contributed by atoms with Gasteiger partial charge in [0.25, 0.3) is 0 Å². The van der Waals surface area contributed by atoms with Crippen LogP contribution in [0, 0.1) is 13.8 Å². The Morgan fingerprint density at radius 3 is 2.79 bits per heavy atom. The zero-order valence-corrected chi connectivity index (χ0v) is 21.8. The number of fused-ring (bicyclic) bond motifs is 9. The van der Waals surface area contributed by atoms with E-state index in [1.54, 1.807) is 7.11 Å². The largest absolute Gasteiger partial charge is 0.514 e. The minimum absolute atomic E-state index is 0.0388. The lowest BCUT2D eigenvalue weighted by atomic mass is 9.75. The second-order valence-electron chi connectivity index (χ2n) is 10.3. The van der Waals surface area contributed by atoms with E-state index in [0.29, 0.717) is 41.5 Å². The molecule has 1 fully saturated rings. The zero-order valence-electron chi connectivity index (χ0n) is 21.8. The van der Waals surface area contributed by atoms with Crippen LogP contribution in [-0.2, 0) is 17.6 Å². The Balaban J connectivity index is 1.50. The van der Waals surface area contributed by atoms with Gasteiger partial charge in [0.05, 0.1) is 19.2 Å². The predicted molar refractivity (Wildman–Crippen MR) is 138 cm³/mol. The van der Waals surface area contributed by atoms with Crippen molar-refractivity contribution in [3.8, 4) is 28.7 Å². The average molecular weight is 524 g/mol. The molecule has 2 aromatic rings. The Bertz CT molecular complexity index is 1330. The van der Waals surface area contributed by atoms with Gasteiger partial charge in [-0.2, -0.15) is 0 Å². The fourth-order valence-corrected chi connectivity index (χ4v) is 6.80. The average Bonchev–Trinajstić information content (AvgIpc) is 3.39. The Morgan fingerprint density at radius 2 is 2.05 bits per heavy atom. The molecule has 4 N–H and O–H groups in total. The van der Waals surface area contributed by atoms with E-state index < -0.39 is 6.16 Å². The van der Waals surface area contributed by atoms with Crippen LogP contribution in [0.1, 0.15) is 45.5 Å². The predicted octanol–water partition coefficient (Wildman–Crippen LogP) is 2.94. The van der Waals surface area contributed by atoms with Gasteiger partial charge in [-0.05, 0) is 37.8 Å². The molecule has 1 saturated heterocycles. The number of nitrogens with zero attached hydrogens (tertiary/aromatic N) is 1. The molecule has 4 aliphatic heterocycles. The molecule has 0 aliphatic carbocycles. The number of nitrogens with one attached hydrogen (secondary N) is 1. The van der Waals surface area contributed by atoms with Crippen LogP contribution in [0.3, 0.4) is 0 Å². The molecule has 202 valence electrons. The number of hydrogen-bond acceptors (Lipinski definition) is 10. The molecule has 10 heteroatoms. The van der Waals surface area contributed by atoms with Crippen molar-refractivity contribution in [1.82, 2.24) is 10.2 Å². The van der Waals surface area contributed by atoms with E-state index in [9.17, 15) is 9.90 Å². The second-order valence-corrected chi connectivity index (χ2v) is 10.3. The number of benzene rings is 2. The van der Waals surface area contributed by atoms with E-state index in [4.69, 9.17) is 29.4 Å². The number of phenols is 1. The Morgan fingerprint density at radius 1 is 1.26 bits per heavy atom. The monoisotopic (exact) mass is 523 g/mol. The van der Waals surface area contributed by atoms with E-state index >= 15 is 0 Å². The first-order valence-corrected chi connectivity index (χ1v) is 12.9. The molecule has 2 aromatic carbocycles. The summed E-state index contributed by atoms with van der Waals surface area (Å²) in [6.45, 7) is 8.61. The summed E-state index contributed by atoms with van der Waals surface area (Å²) in [5.74, 6) is 2.27. The van der Waals surface area contributed by atoms with Crippen molar-refractivity contribution in [3.63, 3.8) is 0 Å². The molecule has 0 aromatic heterocycles. The molecular formula is C28H33N3O7. The first kappa shape index (κ1) is 24.8. The van der Waals surface area contributed by atoms with Crippen molar-refractivity contribution in [2.45, 2.75) is 50.9 Å². The number of rotatable bonds is 5. The van der Waals surface area contributed by atoms with Crippen molar-refractivity contribution in [3.05, 3.63) is 52.1 Å². The molecule has 1 unspecified atom stereocenters. The van der Waals surface area contributed by atoms with E-state index in [0.717, 1.165) is 40.8 Å². The molecule has 38 heavy (non-hydrogen) atoms. The van der Waals surface area contributed by atoms with Crippen LogP contribution in [0.5, 0.6) is 28.7 Å². The maximum absolute atomic E-state index is 12.6. The lowest BCUT2D eigenvalue weighted by Crippen LogP contribution is -2.64. The normalized spacial score (nSPS) is 24.6. The number of ether oxygens (including phenoxy) is 5. The fraction of sp³-hybridized carbons (Fsp3) is 0.464. The molecule has 4 heterocycles. The smallest absolute Gasteiger partial charge is 0.504 e. The number of carbonyl (C=O) groups is 1. The van der Waals surface area contributed by atoms with Gasteiger partial charge in [0.1, 0.15) is 12.4 Å². The van der Waals surface area contributed by atoms with Gasteiger partial charge in [0, 0.05) is 47.4 Å². The highest BCUT2D eigenvalue weighted by atomic mass is 16.7. The van der Waals surface area contributed by atoms with Crippen molar-refractivity contribution >= 4 is 6.16 Å². The minimum Gasteiger partial charge on any atom is -0.504 e. The summed E-state index contributed by atoms with van der Waals surface area (Å²) < 4.78 is 28.3. The first-order chi connectivity index (χ1) is 18.4. The van der Waals surface area contributed by atoms with Gasteiger partial charge in [-0.15, -0.1) is 0 Å². The van der Waals surface area contributed by atoms with Crippen molar-refractivity contribution in [2.24, 2.45) is 5.73 Å². The van der Waals surface area contributed by atoms with E-state index in [-0.39, 0.29) is 43.3 Å². The van der Waals surface area contributed by atoms with Crippen LogP contribution >= 0.6 is 0 Å². The van der Waals surface area contributed by atoms with Crippen LogP contribution in [0.15, 0.2) is 18.7 Å². The second kappa shape index (κ2) is 9.37. The van der Waals surface area contributed by atoms with Gasteiger partial charge < -0.3 is 39.8 Å². The fourth-order valence-electron chi connectivity index (χ4n) is 6.80. The maximum Gasteiger partial charge on any atom is 0.514 e. The van der Waals surface area contributed by atoms with Gasteiger partial charge in [-0.1, -0.05) is 18.7 Å². The van der Waals surface area contributed by atoms with Crippen LogP contribution in [0.4, 0.5) is 4.79 Å². The summed E-state index contributed by atoms with van der Waals surface area (Å²) in [7, 11) is 1.57. The van der Waals surface area contributed by atoms with Gasteiger partial charge >= 0.3 is 6.16 Å². The molecule has 0 amide bonds.